The fraction of sp³-hybridized carbons (Fsp3) is 0.929. The van der Waals surface area contributed by atoms with Crippen LogP contribution >= 0.6 is 0 Å². The molecule has 0 aromatic carbocycles. The van der Waals surface area contributed by atoms with Gasteiger partial charge in [0.25, 0.3) is 0 Å². The van der Waals surface area contributed by atoms with E-state index in [1.54, 1.807) is 0 Å². The number of rotatable bonds is 8. The van der Waals surface area contributed by atoms with Crippen molar-refractivity contribution in [3.8, 4) is 0 Å². The number of carbonyl (C=O) groups is 1. The lowest BCUT2D eigenvalue weighted by Gasteiger charge is -2.25. The van der Waals surface area contributed by atoms with E-state index < -0.39 is 0 Å². The Hall–Kier alpha value is -0.570. The third-order valence-electron chi connectivity index (χ3n) is 2.54. The molecule has 0 heterocycles. The van der Waals surface area contributed by atoms with E-state index in [1.807, 2.05) is 25.7 Å². The quantitative estimate of drug-likeness (QED) is 0.655. The second kappa shape index (κ2) is 8.51. The van der Waals surface area contributed by atoms with Gasteiger partial charge >= 0.3 is 0 Å². The summed E-state index contributed by atoms with van der Waals surface area (Å²) in [7, 11) is 0. The largest absolute Gasteiger partial charge is 0.366 e. The highest BCUT2D eigenvalue weighted by molar-refractivity contribution is 5.77. The molecule has 0 saturated heterocycles. The lowest BCUT2D eigenvalue weighted by atomic mass is 10.2. The number of hydrogen-bond donors (Lipinski definition) is 0. The number of amides is 1. The van der Waals surface area contributed by atoms with Crippen LogP contribution in [0.4, 0.5) is 0 Å². The number of nitrogens with zero attached hydrogens (tertiary/aromatic N) is 1. The van der Waals surface area contributed by atoms with E-state index in [2.05, 4.69) is 13.8 Å². The van der Waals surface area contributed by atoms with Crippen LogP contribution in [0.25, 0.3) is 0 Å². The second-order valence-corrected chi connectivity index (χ2v) is 5.49. The van der Waals surface area contributed by atoms with Gasteiger partial charge in [-0.3, -0.25) is 4.79 Å². The number of ether oxygens (including phenoxy) is 1. The Morgan fingerprint density at radius 3 is 1.88 bits per heavy atom. The first-order valence-electron chi connectivity index (χ1n) is 6.82. The molecule has 0 aromatic heterocycles. The summed E-state index contributed by atoms with van der Waals surface area (Å²) in [5, 5.41) is 0. The maximum absolute atomic E-state index is 12.0. The van der Waals surface area contributed by atoms with Crippen molar-refractivity contribution in [2.75, 3.05) is 19.7 Å². The molecule has 0 saturated carbocycles. The van der Waals surface area contributed by atoms with Crippen LogP contribution in [0, 0.1) is 0 Å². The van der Waals surface area contributed by atoms with Crippen LogP contribution in [0.1, 0.15) is 60.3 Å². The fourth-order valence-electron chi connectivity index (χ4n) is 1.43. The van der Waals surface area contributed by atoms with Crippen molar-refractivity contribution in [3.63, 3.8) is 0 Å². The molecular weight excluding hydrogens is 214 g/mol. The first-order chi connectivity index (χ1) is 7.90. The van der Waals surface area contributed by atoms with Crippen LogP contribution in [0.2, 0.25) is 0 Å². The number of carbonyl (C=O) groups excluding carboxylic acids is 1. The van der Waals surface area contributed by atoms with Crippen molar-refractivity contribution in [2.45, 2.75) is 65.9 Å². The van der Waals surface area contributed by atoms with Gasteiger partial charge in [-0.15, -0.1) is 0 Å². The van der Waals surface area contributed by atoms with Crippen molar-refractivity contribution < 1.29 is 9.53 Å². The molecule has 17 heavy (non-hydrogen) atoms. The summed E-state index contributed by atoms with van der Waals surface area (Å²) in [5.41, 5.74) is -0.239. The van der Waals surface area contributed by atoms with E-state index in [0.717, 1.165) is 38.8 Å². The molecule has 0 N–H and O–H groups in total. The molecular formula is C14H29NO2. The minimum absolute atomic E-state index is 0.127. The summed E-state index contributed by atoms with van der Waals surface area (Å²) in [6.45, 7) is 12.2. The van der Waals surface area contributed by atoms with Gasteiger partial charge in [0.2, 0.25) is 5.91 Å². The Bertz CT molecular complexity index is 201. The van der Waals surface area contributed by atoms with Crippen LogP contribution in [-0.4, -0.2) is 36.1 Å². The zero-order valence-corrected chi connectivity index (χ0v) is 12.2. The van der Waals surface area contributed by atoms with Crippen LogP contribution in [0.5, 0.6) is 0 Å². The molecule has 0 aromatic rings. The van der Waals surface area contributed by atoms with Gasteiger partial charge in [-0.05, 0) is 33.6 Å². The van der Waals surface area contributed by atoms with E-state index in [-0.39, 0.29) is 18.1 Å². The van der Waals surface area contributed by atoms with Crippen LogP contribution in [0.15, 0.2) is 0 Å². The van der Waals surface area contributed by atoms with E-state index >= 15 is 0 Å². The van der Waals surface area contributed by atoms with Gasteiger partial charge in [-0.1, -0.05) is 26.7 Å². The SMILES string of the molecule is CCCCN(CCCC)C(=O)COC(C)(C)C. The highest BCUT2D eigenvalue weighted by atomic mass is 16.5. The molecule has 0 aliphatic carbocycles. The Morgan fingerprint density at radius 1 is 1.06 bits per heavy atom. The minimum Gasteiger partial charge on any atom is -0.366 e. The number of hydrogen-bond acceptors (Lipinski definition) is 2. The molecule has 0 fully saturated rings. The average Bonchev–Trinajstić information content (AvgIpc) is 2.25. The summed E-state index contributed by atoms with van der Waals surface area (Å²) in [6.07, 6.45) is 4.39. The standard InChI is InChI=1S/C14H29NO2/c1-6-8-10-15(11-9-7-2)13(16)12-17-14(3,4)5/h6-12H2,1-5H3. The molecule has 0 unspecified atom stereocenters. The molecule has 0 atom stereocenters. The summed E-state index contributed by atoms with van der Waals surface area (Å²) >= 11 is 0. The lowest BCUT2D eigenvalue weighted by molar-refractivity contribution is -0.141. The van der Waals surface area contributed by atoms with Gasteiger partial charge in [0.15, 0.2) is 0 Å². The maximum atomic E-state index is 12.0. The lowest BCUT2D eigenvalue weighted by Crippen LogP contribution is -2.37. The molecule has 0 spiro atoms. The first-order valence-corrected chi connectivity index (χ1v) is 6.82. The molecule has 0 bridgehead atoms. The molecule has 0 rings (SSSR count). The van der Waals surface area contributed by atoms with Crippen LogP contribution in [0.3, 0.4) is 0 Å². The summed E-state index contributed by atoms with van der Waals surface area (Å²) in [5.74, 6) is 0.127. The molecule has 3 nitrogen and oxygen atoms in total. The number of unbranched alkanes of at least 4 members (excludes halogenated alkanes) is 2. The predicted molar refractivity (Wildman–Crippen MR) is 72.1 cm³/mol. The normalized spacial score (nSPS) is 11.6. The van der Waals surface area contributed by atoms with Crippen molar-refractivity contribution in [1.29, 1.82) is 0 Å². The fourth-order valence-corrected chi connectivity index (χ4v) is 1.43. The zero-order valence-electron chi connectivity index (χ0n) is 12.2. The van der Waals surface area contributed by atoms with Crippen molar-refractivity contribution >= 4 is 5.91 Å². The molecule has 0 aliphatic rings. The van der Waals surface area contributed by atoms with Gasteiger partial charge in [0, 0.05) is 13.1 Å². The van der Waals surface area contributed by atoms with Crippen LogP contribution < -0.4 is 0 Å². The Balaban J connectivity index is 4.11. The van der Waals surface area contributed by atoms with E-state index in [9.17, 15) is 4.79 Å². The van der Waals surface area contributed by atoms with E-state index in [4.69, 9.17) is 4.74 Å². The van der Waals surface area contributed by atoms with Crippen molar-refractivity contribution in [3.05, 3.63) is 0 Å². The van der Waals surface area contributed by atoms with Gasteiger partial charge < -0.3 is 9.64 Å². The molecule has 0 radical (unpaired) electrons. The van der Waals surface area contributed by atoms with Gasteiger partial charge in [-0.25, -0.2) is 0 Å². The Morgan fingerprint density at radius 2 is 1.53 bits per heavy atom. The van der Waals surface area contributed by atoms with E-state index in [0.29, 0.717) is 0 Å². The third kappa shape index (κ3) is 9.16. The van der Waals surface area contributed by atoms with Crippen molar-refractivity contribution in [2.24, 2.45) is 0 Å². The van der Waals surface area contributed by atoms with Gasteiger partial charge in [0.05, 0.1) is 5.60 Å². The van der Waals surface area contributed by atoms with E-state index in [1.165, 1.54) is 0 Å². The average molecular weight is 243 g/mol. The first kappa shape index (κ1) is 16.4. The Labute approximate surface area is 107 Å². The second-order valence-electron chi connectivity index (χ2n) is 5.49. The Kier molecular flexibility index (Phi) is 8.23. The molecule has 1 amide bonds. The summed E-state index contributed by atoms with van der Waals surface area (Å²) in [4.78, 5) is 13.9. The minimum atomic E-state index is -0.239. The monoisotopic (exact) mass is 243 g/mol. The van der Waals surface area contributed by atoms with Crippen molar-refractivity contribution in [1.82, 2.24) is 4.90 Å². The topological polar surface area (TPSA) is 29.5 Å². The predicted octanol–water partition coefficient (Wildman–Crippen LogP) is 3.23. The zero-order chi connectivity index (χ0) is 13.3. The molecule has 0 aliphatic heterocycles. The molecule has 3 heteroatoms. The highest BCUT2D eigenvalue weighted by Crippen LogP contribution is 2.08. The van der Waals surface area contributed by atoms with Crippen LogP contribution in [-0.2, 0) is 9.53 Å². The maximum Gasteiger partial charge on any atom is 0.248 e. The molecule has 102 valence electrons. The smallest absolute Gasteiger partial charge is 0.248 e. The summed E-state index contributed by atoms with van der Waals surface area (Å²) < 4.78 is 5.54. The van der Waals surface area contributed by atoms with Gasteiger partial charge in [-0.2, -0.15) is 0 Å². The summed E-state index contributed by atoms with van der Waals surface area (Å²) in [6, 6.07) is 0. The van der Waals surface area contributed by atoms with Gasteiger partial charge in [0.1, 0.15) is 6.61 Å². The highest BCUT2D eigenvalue weighted by Gasteiger charge is 2.17. The third-order valence-corrected chi connectivity index (χ3v) is 2.54.